The molecule has 0 fully saturated rings. The topological polar surface area (TPSA) is 64.9 Å². The molecule has 4 rings (SSSR count). The number of pyridine rings is 1. The molecular formula is C18H16ClN3O3. The molecule has 0 saturated carbocycles. The second-order valence-corrected chi connectivity index (χ2v) is 6.21. The van der Waals surface area contributed by atoms with E-state index in [1.165, 1.54) is 0 Å². The van der Waals surface area contributed by atoms with Crippen LogP contribution in [-0.2, 0) is 17.8 Å². The van der Waals surface area contributed by atoms with Crippen LogP contribution in [-0.4, -0.2) is 28.5 Å². The molecule has 7 heteroatoms. The number of aromatic nitrogens is 2. The molecule has 1 aliphatic heterocycles. The third-order valence-electron chi connectivity index (χ3n) is 3.90. The van der Waals surface area contributed by atoms with Gasteiger partial charge in [0.05, 0.1) is 23.7 Å². The van der Waals surface area contributed by atoms with Gasteiger partial charge in [0, 0.05) is 12.4 Å². The number of carbonyl (C=O) groups is 1. The number of fused-ring (bicyclic) bond motifs is 2. The average molecular weight is 358 g/mol. The summed E-state index contributed by atoms with van der Waals surface area (Å²) < 4.78 is 12.9. The highest BCUT2D eigenvalue weighted by molar-refractivity contribution is 6.30. The number of amides is 1. The normalized spacial score (nSPS) is 13.0. The zero-order valence-corrected chi connectivity index (χ0v) is 14.1. The van der Waals surface area contributed by atoms with E-state index >= 15 is 0 Å². The van der Waals surface area contributed by atoms with Gasteiger partial charge in [-0.3, -0.25) is 4.79 Å². The van der Waals surface area contributed by atoms with Gasteiger partial charge in [0.1, 0.15) is 18.9 Å². The number of hydrogen-bond acceptors (Lipinski definition) is 4. The van der Waals surface area contributed by atoms with E-state index in [1.807, 2.05) is 34.9 Å². The molecule has 3 aromatic rings. The molecule has 25 heavy (non-hydrogen) atoms. The Morgan fingerprint density at radius 3 is 2.88 bits per heavy atom. The summed E-state index contributed by atoms with van der Waals surface area (Å²) >= 11 is 5.96. The van der Waals surface area contributed by atoms with Gasteiger partial charge in [-0.15, -0.1) is 0 Å². The Balaban J connectivity index is 1.38. The van der Waals surface area contributed by atoms with Crippen LogP contribution in [0.15, 0.2) is 42.7 Å². The molecule has 0 saturated heterocycles. The molecule has 3 heterocycles. The third kappa shape index (κ3) is 3.53. The molecular weight excluding hydrogens is 342 g/mol. The Bertz CT molecular complexity index is 938. The highest BCUT2D eigenvalue weighted by Gasteiger charge is 2.13. The number of rotatable bonds is 4. The maximum atomic E-state index is 12.2. The van der Waals surface area contributed by atoms with Gasteiger partial charge in [-0.2, -0.15) is 0 Å². The van der Waals surface area contributed by atoms with Gasteiger partial charge in [-0.25, -0.2) is 4.98 Å². The minimum Gasteiger partial charge on any atom is -0.486 e. The van der Waals surface area contributed by atoms with Crippen molar-refractivity contribution in [2.45, 2.75) is 13.0 Å². The summed E-state index contributed by atoms with van der Waals surface area (Å²) in [6.45, 7) is 1.44. The molecule has 0 unspecified atom stereocenters. The van der Waals surface area contributed by atoms with Crippen LogP contribution in [0.5, 0.6) is 11.5 Å². The SMILES string of the molecule is O=C(Cc1ccc2c(c1)OCCO2)NCc1cn2cc(Cl)ccc2n1. The van der Waals surface area contributed by atoms with E-state index in [-0.39, 0.29) is 12.3 Å². The van der Waals surface area contributed by atoms with E-state index < -0.39 is 0 Å². The number of ether oxygens (including phenoxy) is 2. The molecule has 0 spiro atoms. The first-order chi connectivity index (χ1) is 12.2. The van der Waals surface area contributed by atoms with Crippen molar-refractivity contribution in [3.8, 4) is 11.5 Å². The van der Waals surface area contributed by atoms with Crippen LogP contribution in [0.1, 0.15) is 11.3 Å². The Hall–Kier alpha value is -2.73. The molecule has 1 aliphatic rings. The summed E-state index contributed by atoms with van der Waals surface area (Å²) in [6, 6.07) is 9.18. The average Bonchev–Trinajstić information content (AvgIpc) is 3.02. The lowest BCUT2D eigenvalue weighted by Crippen LogP contribution is -2.24. The molecule has 0 atom stereocenters. The van der Waals surface area contributed by atoms with Crippen molar-refractivity contribution in [1.29, 1.82) is 0 Å². The Kier molecular flexibility index (Phi) is 4.19. The van der Waals surface area contributed by atoms with Crippen molar-refractivity contribution in [3.05, 3.63) is 59.0 Å². The highest BCUT2D eigenvalue weighted by Crippen LogP contribution is 2.30. The molecule has 1 amide bonds. The van der Waals surface area contributed by atoms with Crippen molar-refractivity contribution in [2.24, 2.45) is 0 Å². The first-order valence-corrected chi connectivity index (χ1v) is 8.33. The maximum Gasteiger partial charge on any atom is 0.224 e. The van der Waals surface area contributed by atoms with Gasteiger partial charge in [0.15, 0.2) is 11.5 Å². The fourth-order valence-corrected chi connectivity index (χ4v) is 2.91. The van der Waals surface area contributed by atoms with E-state index in [2.05, 4.69) is 10.3 Å². The standard InChI is InChI=1S/C18H16ClN3O3/c19-13-2-4-17-21-14(11-22(17)10-13)9-20-18(23)8-12-1-3-15-16(7-12)25-6-5-24-15/h1-4,7,10-11H,5-6,8-9H2,(H,20,23). The second-order valence-electron chi connectivity index (χ2n) is 5.78. The van der Waals surface area contributed by atoms with Crippen LogP contribution >= 0.6 is 11.6 Å². The van der Waals surface area contributed by atoms with Gasteiger partial charge in [0.25, 0.3) is 0 Å². The maximum absolute atomic E-state index is 12.2. The smallest absolute Gasteiger partial charge is 0.224 e. The van der Waals surface area contributed by atoms with Crippen LogP contribution in [0.4, 0.5) is 0 Å². The molecule has 0 aliphatic carbocycles. The van der Waals surface area contributed by atoms with Crippen molar-refractivity contribution in [3.63, 3.8) is 0 Å². The van der Waals surface area contributed by atoms with Crippen molar-refractivity contribution >= 4 is 23.2 Å². The van der Waals surface area contributed by atoms with Gasteiger partial charge < -0.3 is 19.2 Å². The minimum atomic E-state index is -0.0771. The van der Waals surface area contributed by atoms with E-state index in [1.54, 1.807) is 12.3 Å². The van der Waals surface area contributed by atoms with E-state index in [4.69, 9.17) is 21.1 Å². The quantitative estimate of drug-likeness (QED) is 0.779. The summed E-state index contributed by atoms with van der Waals surface area (Å²) in [7, 11) is 0. The van der Waals surface area contributed by atoms with Crippen molar-refractivity contribution < 1.29 is 14.3 Å². The van der Waals surface area contributed by atoms with Gasteiger partial charge >= 0.3 is 0 Å². The number of nitrogens with one attached hydrogen (secondary N) is 1. The van der Waals surface area contributed by atoms with Gasteiger partial charge in [-0.05, 0) is 29.8 Å². The zero-order valence-electron chi connectivity index (χ0n) is 13.4. The monoisotopic (exact) mass is 357 g/mol. The number of halogens is 1. The first kappa shape index (κ1) is 15.8. The molecule has 6 nitrogen and oxygen atoms in total. The van der Waals surface area contributed by atoms with Gasteiger partial charge in [-0.1, -0.05) is 17.7 Å². The van der Waals surface area contributed by atoms with Crippen LogP contribution < -0.4 is 14.8 Å². The largest absolute Gasteiger partial charge is 0.486 e. The number of carbonyl (C=O) groups excluding carboxylic acids is 1. The summed E-state index contributed by atoms with van der Waals surface area (Å²) in [5.41, 5.74) is 2.45. The molecule has 0 radical (unpaired) electrons. The number of hydrogen-bond donors (Lipinski definition) is 1. The van der Waals surface area contributed by atoms with Crippen LogP contribution in [0, 0.1) is 0 Å². The van der Waals surface area contributed by atoms with Crippen molar-refractivity contribution in [2.75, 3.05) is 13.2 Å². The van der Waals surface area contributed by atoms with Crippen LogP contribution in [0.3, 0.4) is 0 Å². The molecule has 2 aromatic heterocycles. The lowest BCUT2D eigenvalue weighted by atomic mass is 10.1. The molecule has 1 aromatic carbocycles. The molecule has 0 bridgehead atoms. The lowest BCUT2D eigenvalue weighted by molar-refractivity contribution is -0.120. The molecule has 1 N–H and O–H groups in total. The summed E-state index contributed by atoms with van der Waals surface area (Å²) in [5.74, 6) is 1.33. The Labute approximate surface area is 149 Å². The fraction of sp³-hybridized carbons (Fsp3) is 0.222. The van der Waals surface area contributed by atoms with Gasteiger partial charge in [0.2, 0.25) is 5.91 Å². The number of nitrogens with zero attached hydrogens (tertiary/aromatic N) is 2. The third-order valence-corrected chi connectivity index (χ3v) is 4.13. The van der Waals surface area contributed by atoms with Crippen LogP contribution in [0.25, 0.3) is 5.65 Å². The zero-order chi connectivity index (χ0) is 17.2. The fourth-order valence-electron chi connectivity index (χ4n) is 2.74. The first-order valence-electron chi connectivity index (χ1n) is 7.96. The predicted molar refractivity (Wildman–Crippen MR) is 93.2 cm³/mol. The lowest BCUT2D eigenvalue weighted by Gasteiger charge is -2.18. The Morgan fingerprint density at radius 2 is 2.00 bits per heavy atom. The minimum absolute atomic E-state index is 0.0771. The van der Waals surface area contributed by atoms with Crippen molar-refractivity contribution in [1.82, 2.24) is 14.7 Å². The summed E-state index contributed by atoms with van der Waals surface area (Å²) in [4.78, 5) is 16.6. The van der Waals surface area contributed by atoms with E-state index in [0.717, 1.165) is 22.7 Å². The summed E-state index contributed by atoms with van der Waals surface area (Å²) in [6.07, 6.45) is 3.91. The van der Waals surface area contributed by atoms with Crippen LogP contribution in [0.2, 0.25) is 5.02 Å². The predicted octanol–water partition coefficient (Wildman–Crippen LogP) is 2.62. The van der Waals surface area contributed by atoms with E-state index in [0.29, 0.717) is 30.5 Å². The van der Waals surface area contributed by atoms with E-state index in [9.17, 15) is 4.79 Å². The second kappa shape index (κ2) is 6.64. The highest BCUT2D eigenvalue weighted by atomic mass is 35.5. The summed E-state index contributed by atoms with van der Waals surface area (Å²) in [5, 5.41) is 3.52. The number of imidazole rings is 1. The number of benzene rings is 1. The Morgan fingerprint density at radius 1 is 1.16 bits per heavy atom. The molecule has 128 valence electrons.